The molecule has 0 aromatic heterocycles. The molecule has 1 saturated heterocycles. The van der Waals surface area contributed by atoms with E-state index in [0.717, 1.165) is 14.2 Å². The van der Waals surface area contributed by atoms with Crippen LogP contribution in [0, 0.1) is 0 Å². The molecule has 0 amide bonds. The van der Waals surface area contributed by atoms with Crippen molar-refractivity contribution in [3.8, 4) is 0 Å². The van der Waals surface area contributed by atoms with Crippen molar-refractivity contribution in [2.75, 3.05) is 14.2 Å². The Morgan fingerprint density at radius 3 is 1.60 bits per heavy atom. The zero-order valence-electron chi connectivity index (χ0n) is 7.83. The summed E-state index contributed by atoms with van der Waals surface area (Å²) < 4.78 is 38.6. The van der Waals surface area contributed by atoms with Crippen LogP contribution in [0.4, 0.5) is 0 Å². The summed E-state index contributed by atoms with van der Waals surface area (Å²) in [6, 6.07) is 0. The van der Waals surface area contributed by atoms with Crippen molar-refractivity contribution in [1.29, 1.82) is 0 Å². The molecule has 0 N–H and O–H groups in total. The summed E-state index contributed by atoms with van der Waals surface area (Å²) in [7, 11) is -2.32. The van der Waals surface area contributed by atoms with Gasteiger partial charge in [0.05, 0.1) is 14.2 Å². The number of hydrogen-bond acceptors (Lipinski definition) is 8. The molecule has 1 fully saturated rings. The van der Waals surface area contributed by atoms with E-state index in [1.165, 1.54) is 0 Å². The molecule has 8 nitrogen and oxygen atoms in total. The van der Waals surface area contributed by atoms with Crippen molar-refractivity contribution in [3.05, 3.63) is 0 Å². The summed E-state index contributed by atoms with van der Waals surface area (Å²) in [6.07, 6.45) is -3.32. The van der Waals surface area contributed by atoms with Crippen molar-refractivity contribution in [1.82, 2.24) is 0 Å². The minimum atomic E-state index is -4.36. The molecule has 1 aliphatic rings. The molecule has 0 radical (unpaired) electrons. The quantitative estimate of drug-likeness (QED) is 0.529. The lowest BCUT2D eigenvalue weighted by molar-refractivity contribution is -0.160. The molecule has 0 spiro atoms. The van der Waals surface area contributed by atoms with Crippen LogP contribution < -0.4 is 0 Å². The summed E-state index contributed by atoms with van der Waals surface area (Å²) in [4.78, 5) is 22.1. The van der Waals surface area contributed by atoms with E-state index in [4.69, 9.17) is 0 Å². The molecule has 0 aliphatic carbocycles. The highest BCUT2D eigenvalue weighted by molar-refractivity contribution is 7.82. The highest BCUT2D eigenvalue weighted by Crippen LogP contribution is 2.22. The summed E-state index contributed by atoms with van der Waals surface area (Å²) in [5.41, 5.74) is 0. The first-order valence-electron chi connectivity index (χ1n) is 3.68. The normalized spacial score (nSPS) is 28.4. The van der Waals surface area contributed by atoms with E-state index in [1.807, 2.05) is 0 Å². The first kappa shape index (κ1) is 11.9. The number of carbonyl (C=O) groups is 2. The Labute approximate surface area is 85.4 Å². The fraction of sp³-hybridized carbons (Fsp3) is 0.667. The molecule has 0 bridgehead atoms. The third-order valence-corrected chi connectivity index (χ3v) is 2.47. The number of ether oxygens (including phenoxy) is 2. The van der Waals surface area contributed by atoms with E-state index in [0.29, 0.717) is 0 Å². The number of hydrogen-bond donors (Lipinski definition) is 0. The van der Waals surface area contributed by atoms with Gasteiger partial charge in [-0.2, -0.15) is 8.42 Å². The molecule has 0 aromatic rings. The van der Waals surface area contributed by atoms with Crippen LogP contribution >= 0.6 is 0 Å². The first-order valence-corrected chi connectivity index (χ1v) is 5.02. The molecule has 1 heterocycles. The number of carbonyl (C=O) groups excluding carboxylic acids is 2. The Hall–Kier alpha value is -1.19. The monoisotopic (exact) mass is 240 g/mol. The summed E-state index contributed by atoms with van der Waals surface area (Å²) in [6.45, 7) is 0. The van der Waals surface area contributed by atoms with E-state index in [9.17, 15) is 18.0 Å². The van der Waals surface area contributed by atoms with Gasteiger partial charge in [0.1, 0.15) is 0 Å². The van der Waals surface area contributed by atoms with Crippen molar-refractivity contribution in [2.24, 2.45) is 0 Å². The molecular weight excluding hydrogens is 232 g/mol. The van der Waals surface area contributed by atoms with Crippen LogP contribution in [0.5, 0.6) is 0 Å². The Morgan fingerprint density at radius 2 is 1.33 bits per heavy atom. The maximum Gasteiger partial charge on any atom is 0.401 e. The molecule has 9 heteroatoms. The van der Waals surface area contributed by atoms with Gasteiger partial charge in [0.25, 0.3) is 0 Å². The van der Waals surface area contributed by atoms with Crippen LogP contribution in [0.3, 0.4) is 0 Å². The minimum Gasteiger partial charge on any atom is -0.467 e. The average Bonchev–Trinajstić information content (AvgIpc) is 2.52. The standard InChI is InChI=1S/C6H8O8S/c1-11-5(7)3-4(6(8)12-2)14-15(9,10)13-3/h3-4H,1-2H3/t3-,4+. The predicted molar refractivity (Wildman–Crippen MR) is 42.7 cm³/mol. The van der Waals surface area contributed by atoms with Gasteiger partial charge in [-0.3, -0.25) is 0 Å². The van der Waals surface area contributed by atoms with Gasteiger partial charge in [0.2, 0.25) is 12.2 Å². The maximum atomic E-state index is 11.0. The van der Waals surface area contributed by atoms with E-state index in [2.05, 4.69) is 17.8 Å². The zero-order chi connectivity index (χ0) is 11.6. The van der Waals surface area contributed by atoms with Gasteiger partial charge in [-0.25, -0.2) is 18.0 Å². The van der Waals surface area contributed by atoms with Gasteiger partial charge in [-0.05, 0) is 0 Å². The fourth-order valence-electron chi connectivity index (χ4n) is 0.936. The van der Waals surface area contributed by atoms with Gasteiger partial charge >= 0.3 is 22.3 Å². The van der Waals surface area contributed by atoms with E-state index in [1.54, 1.807) is 0 Å². The van der Waals surface area contributed by atoms with Crippen LogP contribution in [-0.4, -0.2) is 46.8 Å². The molecule has 2 atom stereocenters. The van der Waals surface area contributed by atoms with E-state index >= 15 is 0 Å². The second-order valence-electron chi connectivity index (χ2n) is 2.49. The highest BCUT2D eigenvalue weighted by atomic mass is 32.3. The molecule has 15 heavy (non-hydrogen) atoms. The van der Waals surface area contributed by atoms with Gasteiger partial charge in [-0.1, -0.05) is 0 Å². The second kappa shape index (κ2) is 4.13. The number of esters is 2. The Balaban J connectivity index is 2.93. The molecule has 86 valence electrons. The Bertz CT molecular complexity index is 341. The fourth-order valence-corrected chi connectivity index (χ4v) is 1.85. The lowest BCUT2D eigenvalue weighted by Gasteiger charge is -2.09. The number of methoxy groups -OCH3 is 2. The van der Waals surface area contributed by atoms with E-state index < -0.39 is 34.5 Å². The summed E-state index contributed by atoms with van der Waals surface area (Å²) >= 11 is 0. The second-order valence-corrected chi connectivity index (χ2v) is 3.69. The molecule has 1 aliphatic heterocycles. The third-order valence-electron chi connectivity index (χ3n) is 1.58. The lowest BCUT2D eigenvalue weighted by Crippen LogP contribution is -2.38. The maximum absolute atomic E-state index is 11.0. The smallest absolute Gasteiger partial charge is 0.401 e. The Morgan fingerprint density at radius 1 is 1.00 bits per heavy atom. The van der Waals surface area contributed by atoms with Crippen molar-refractivity contribution >= 4 is 22.3 Å². The molecule has 0 aromatic carbocycles. The van der Waals surface area contributed by atoms with Crippen molar-refractivity contribution in [2.45, 2.75) is 12.2 Å². The van der Waals surface area contributed by atoms with Crippen LogP contribution in [0.15, 0.2) is 0 Å². The SMILES string of the molecule is COC(=O)[C@H]1OS(=O)(=O)O[C@H]1C(=O)OC. The number of rotatable bonds is 2. The molecule has 0 saturated carbocycles. The zero-order valence-corrected chi connectivity index (χ0v) is 8.65. The highest BCUT2D eigenvalue weighted by Gasteiger charge is 2.50. The molecule has 1 rings (SSSR count). The third kappa shape index (κ3) is 2.43. The molecule has 0 unspecified atom stereocenters. The van der Waals surface area contributed by atoms with Gasteiger partial charge in [0, 0.05) is 0 Å². The molecular formula is C6H8O8S. The Kier molecular flexibility index (Phi) is 3.27. The van der Waals surface area contributed by atoms with Crippen molar-refractivity contribution in [3.63, 3.8) is 0 Å². The van der Waals surface area contributed by atoms with Gasteiger partial charge < -0.3 is 9.47 Å². The topological polar surface area (TPSA) is 105 Å². The summed E-state index contributed by atoms with van der Waals surface area (Å²) in [5.74, 6) is -2.07. The van der Waals surface area contributed by atoms with Crippen LogP contribution in [-0.2, 0) is 37.8 Å². The predicted octanol–water partition coefficient (Wildman–Crippen LogP) is -1.64. The minimum absolute atomic E-state index is 1.02. The van der Waals surface area contributed by atoms with E-state index in [-0.39, 0.29) is 0 Å². The average molecular weight is 240 g/mol. The first-order chi connectivity index (χ1) is 6.91. The van der Waals surface area contributed by atoms with Gasteiger partial charge in [-0.15, -0.1) is 0 Å². The van der Waals surface area contributed by atoms with Gasteiger partial charge in [0.15, 0.2) is 0 Å². The van der Waals surface area contributed by atoms with Crippen LogP contribution in [0.25, 0.3) is 0 Å². The largest absolute Gasteiger partial charge is 0.467 e. The summed E-state index contributed by atoms with van der Waals surface area (Å²) in [5, 5.41) is 0. The van der Waals surface area contributed by atoms with Crippen molar-refractivity contribution < 1.29 is 35.8 Å². The van der Waals surface area contributed by atoms with Crippen LogP contribution in [0.1, 0.15) is 0 Å². The lowest BCUT2D eigenvalue weighted by atomic mass is 10.2. The van der Waals surface area contributed by atoms with Crippen LogP contribution in [0.2, 0.25) is 0 Å².